The molecule has 1 fully saturated rings. The van der Waals surface area contributed by atoms with Crippen molar-refractivity contribution in [3.63, 3.8) is 0 Å². The summed E-state index contributed by atoms with van der Waals surface area (Å²) in [5.41, 5.74) is 1.34. The molecule has 0 radical (unpaired) electrons. The van der Waals surface area contributed by atoms with Crippen LogP contribution in [0, 0.1) is 10.5 Å². The number of thiol groups is 1. The number of anilines is 1. The number of nitrogens with one attached hydrogen (secondary N) is 1. The summed E-state index contributed by atoms with van der Waals surface area (Å²) in [5.74, 6) is 2.66. The summed E-state index contributed by atoms with van der Waals surface area (Å²) in [6.07, 6.45) is 4.67. The standard InChI is InChI=1S/C12H18IN3S/c1-8-14-9(4-7-17)10(13)11(15-8)16-12(2)5-3-6-12/h17H,3-7H2,1-2H3,(H,14,15,16). The fourth-order valence-corrected chi connectivity index (χ4v) is 2.95. The second-order valence-electron chi connectivity index (χ2n) is 4.89. The number of aromatic nitrogens is 2. The van der Waals surface area contributed by atoms with Crippen LogP contribution in [0.15, 0.2) is 0 Å². The smallest absolute Gasteiger partial charge is 0.143 e. The molecule has 94 valence electrons. The summed E-state index contributed by atoms with van der Waals surface area (Å²) in [6, 6.07) is 0. The first-order chi connectivity index (χ1) is 8.04. The van der Waals surface area contributed by atoms with E-state index >= 15 is 0 Å². The van der Waals surface area contributed by atoms with E-state index < -0.39 is 0 Å². The van der Waals surface area contributed by atoms with E-state index in [0.29, 0.717) is 0 Å². The predicted octanol–water partition coefficient (Wildman–Crippen LogP) is 3.22. The lowest BCUT2D eigenvalue weighted by Gasteiger charge is -2.40. The van der Waals surface area contributed by atoms with Gasteiger partial charge in [-0.05, 0) is 67.9 Å². The van der Waals surface area contributed by atoms with Crippen LogP contribution in [0.3, 0.4) is 0 Å². The molecule has 1 aliphatic carbocycles. The van der Waals surface area contributed by atoms with Crippen LogP contribution in [0.2, 0.25) is 0 Å². The number of rotatable bonds is 4. The maximum Gasteiger partial charge on any atom is 0.143 e. The van der Waals surface area contributed by atoms with Gasteiger partial charge in [-0.1, -0.05) is 0 Å². The maximum atomic E-state index is 4.53. The molecule has 0 atom stereocenters. The highest BCUT2D eigenvalue weighted by molar-refractivity contribution is 14.1. The van der Waals surface area contributed by atoms with Crippen molar-refractivity contribution in [3.8, 4) is 0 Å². The number of hydrogen-bond donors (Lipinski definition) is 2. The van der Waals surface area contributed by atoms with Crippen molar-refractivity contribution in [1.82, 2.24) is 9.97 Å². The van der Waals surface area contributed by atoms with Gasteiger partial charge in [-0.3, -0.25) is 0 Å². The number of aryl methyl sites for hydroxylation is 2. The van der Waals surface area contributed by atoms with Gasteiger partial charge in [0.15, 0.2) is 0 Å². The first-order valence-electron chi connectivity index (χ1n) is 5.96. The summed E-state index contributed by atoms with van der Waals surface area (Å²) in [6.45, 7) is 4.22. The quantitative estimate of drug-likeness (QED) is 0.637. The Morgan fingerprint density at radius 2 is 2.12 bits per heavy atom. The highest BCUT2D eigenvalue weighted by Gasteiger charge is 2.32. The van der Waals surface area contributed by atoms with Crippen molar-refractivity contribution in [2.75, 3.05) is 11.1 Å². The molecule has 0 saturated heterocycles. The first kappa shape index (κ1) is 13.4. The zero-order chi connectivity index (χ0) is 12.5. The molecule has 0 amide bonds. The van der Waals surface area contributed by atoms with Gasteiger partial charge in [-0.25, -0.2) is 9.97 Å². The van der Waals surface area contributed by atoms with Gasteiger partial charge < -0.3 is 5.32 Å². The molecule has 1 N–H and O–H groups in total. The Labute approximate surface area is 122 Å². The van der Waals surface area contributed by atoms with Crippen LogP contribution < -0.4 is 5.32 Å². The lowest BCUT2D eigenvalue weighted by Crippen LogP contribution is -2.42. The van der Waals surface area contributed by atoms with Crippen molar-refractivity contribution in [3.05, 3.63) is 15.1 Å². The Hall–Kier alpha value is -0.0400. The summed E-state index contributed by atoms with van der Waals surface area (Å²) < 4.78 is 1.15. The van der Waals surface area contributed by atoms with Crippen molar-refractivity contribution < 1.29 is 0 Å². The normalized spacial score (nSPS) is 17.6. The van der Waals surface area contributed by atoms with Gasteiger partial charge in [0.2, 0.25) is 0 Å². The lowest BCUT2D eigenvalue weighted by atomic mass is 9.78. The molecule has 1 aromatic rings. The summed E-state index contributed by atoms with van der Waals surface area (Å²) >= 11 is 6.62. The second-order valence-corrected chi connectivity index (χ2v) is 6.42. The number of halogens is 1. The minimum Gasteiger partial charge on any atom is -0.364 e. The van der Waals surface area contributed by atoms with Gasteiger partial charge in [0.1, 0.15) is 11.6 Å². The van der Waals surface area contributed by atoms with Crippen molar-refractivity contribution in [1.29, 1.82) is 0 Å². The average molecular weight is 363 g/mol. The van der Waals surface area contributed by atoms with Crippen LogP contribution in [-0.2, 0) is 6.42 Å². The van der Waals surface area contributed by atoms with Gasteiger partial charge >= 0.3 is 0 Å². The van der Waals surface area contributed by atoms with E-state index in [4.69, 9.17) is 0 Å². The Morgan fingerprint density at radius 3 is 2.65 bits per heavy atom. The molecule has 2 rings (SSSR count). The zero-order valence-corrected chi connectivity index (χ0v) is 13.3. The number of hydrogen-bond acceptors (Lipinski definition) is 4. The van der Waals surface area contributed by atoms with E-state index in [-0.39, 0.29) is 5.54 Å². The van der Waals surface area contributed by atoms with E-state index in [1.165, 1.54) is 19.3 Å². The van der Waals surface area contributed by atoms with Crippen molar-refractivity contribution in [2.24, 2.45) is 0 Å². The van der Waals surface area contributed by atoms with Gasteiger partial charge in [0.25, 0.3) is 0 Å². The topological polar surface area (TPSA) is 37.8 Å². The van der Waals surface area contributed by atoms with Crippen molar-refractivity contribution >= 4 is 41.0 Å². The SMILES string of the molecule is Cc1nc(CCS)c(I)c(NC2(C)CCC2)n1. The van der Waals surface area contributed by atoms with Gasteiger partial charge in [-0.15, -0.1) is 0 Å². The highest BCUT2D eigenvalue weighted by Crippen LogP contribution is 2.35. The van der Waals surface area contributed by atoms with Crippen LogP contribution in [0.4, 0.5) is 5.82 Å². The average Bonchev–Trinajstić information content (AvgIpc) is 2.23. The molecular weight excluding hydrogens is 345 g/mol. The van der Waals surface area contributed by atoms with Gasteiger partial charge in [-0.2, -0.15) is 12.6 Å². The van der Waals surface area contributed by atoms with Crippen LogP contribution in [0.1, 0.15) is 37.7 Å². The van der Waals surface area contributed by atoms with E-state index in [0.717, 1.165) is 33.1 Å². The fourth-order valence-electron chi connectivity index (χ4n) is 2.09. The Balaban J connectivity index is 2.26. The molecule has 0 bridgehead atoms. The molecule has 0 aromatic carbocycles. The molecule has 1 heterocycles. The maximum absolute atomic E-state index is 4.53. The minimum absolute atomic E-state index is 0.235. The molecule has 0 unspecified atom stereocenters. The molecular formula is C12H18IN3S. The third-order valence-electron chi connectivity index (χ3n) is 3.26. The third kappa shape index (κ3) is 3.05. The third-order valence-corrected chi connectivity index (χ3v) is 4.61. The molecule has 3 nitrogen and oxygen atoms in total. The molecule has 1 saturated carbocycles. The first-order valence-corrected chi connectivity index (χ1v) is 7.67. The molecule has 5 heteroatoms. The van der Waals surface area contributed by atoms with Crippen LogP contribution in [0.5, 0.6) is 0 Å². The van der Waals surface area contributed by atoms with E-state index in [1.807, 2.05) is 6.92 Å². The Kier molecular flexibility index (Phi) is 4.18. The molecule has 1 aliphatic rings. The van der Waals surface area contributed by atoms with Gasteiger partial charge in [0, 0.05) is 5.54 Å². The Morgan fingerprint density at radius 1 is 1.41 bits per heavy atom. The molecule has 17 heavy (non-hydrogen) atoms. The number of nitrogens with zero attached hydrogens (tertiary/aromatic N) is 2. The summed E-state index contributed by atoms with van der Waals surface area (Å²) in [5, 5.41) is 3.58. The molecule has 0 aliphatic heterocycles. The van der Waals surface area contributed by atoms with Crippen LogP contribution >= 0.6 is 35.2 Å². The molecule has 1 aromatic heterocycles. The van der Waals surface area contributed by atoms with Crippen molar-refractivity contribution in [2.45, 2.75) is 45.1 Å². The molecule has 0 spiro atoms. The van der Waals surface area contributed by atoms with E-state index in [2.05, 4.69) is 57.4 Å². The van der Waals surface area contributed by atoms with Crippen LogP contribution in [-0.4, -0.2) is 21.3 Å². The second kappa shape index (κ2) is 5.30. The predicted molar refractivity (Wildman–Crippen MR) is 82.9 cm³/mol. The monoisotopic (exact) mass is 363 g/mol. The Bertz CT molecular complexity index is 418. The van der Waals surface area contributed by atoms with Crippen LogP contribution in [0.25, 0.3) is 0 Å². The lowest BCUT2D eigenvalue weighted by molar-refractivity contribution is 0.305. The summed E-state index contributed by atoms with van der Waals surface area (Å²) in [4.78, 5) is 9.02. The zero-order valence-electron chi connectivity index (χ0n) is 10.3. The van der Waals surface area contributed by atoms with E-state index in [1.54, 1.807) is 0 Å². The largest absolute Gasteiger partial charge is 0.364 e. The fraction of sp³-hybridized carbons (Fsp3) is 0.667. The minimum atomic E-state index is 0.235. The summed E-state index contributed by atoms with van der Waals surface area (Å²) in [7, 11) is 0. The van der Waals surface area contributed by atoms with E-state index in [9.17, 15) is 0 Å². The van der Waals surface area contributed by atoms with Gasteiger partial charge in [0.05, 0.1) is 9.26 Å². The highest BCUT2D eigenvalue weighted by atomic mass is 127.